The summed E-state index contributed by atoms with van der Waals surface area (Å²) in [7, 11) is 0. The number of aromatic amines is 1. The number of amides is 1. The Morgan fingerprint density at radius 1 is 1.26 bits per heavy atom. The molecule has 0 aliphatic carbocycles. The van der Waals surface area contributed by atoms with Crippen molar-refractivity contribution >= 4 is 35.0 Å². The van der Waals surface area contributed by atoms with E-state index in [9.17, 15) is 9.59 Å². The number of hydrogen-bond donors (Lipinski definition) is 1. The Balaban J connectivity index is 1.52. The first kappa shape index (κ1) is 19.8. The van der Waals surface area contributed by atoms with Crippen LogP contribution in [-0.4, -0.2) is 52.7 Å². The highest BCUT2D eigenvalue weighted by molar-refractivity contribution is 7.99. The molecule has 1 aromatic carbocycles. The fraction of sp³-hybridized carbons (Fsp3) is 0.421. The summed E-state index contributed by atoms with van der Waals surface area (Å²) in [5.74, 6) is 0.338. The number of anilines is 1. The number of hydrogen-bond acceptors (Lipinski definition) is 5. The molecular weight excluding hydrogens is 384 g/mol. The van der Waals surface area contributed by atoms with Gasteiger partial charge in [0.1, 0.15) is 0 Å². The lowest BCUT2D eigenvalue weighted by Gasteiger charge is -2.36. The lowest BCUT2D eigenvalue weighted by molar-refractivity contribution is -0.128. The van der Waals surface area contributed by atoms with E-state index in [0.29, 0.717) is 23.3 Å². The molecule has 2 aromatic rings. The maximum absolute atomic E-state index is 12.5. The van der Waals surface area contributed by atoms with E-state index in [1.807, 2.05) is 36.1 Å². The number of benzene rings is 1. The molecule has 0 unspecified atom stereocenters. The summed E-state index contributed by atoms with van der Waals surface area (Å²) in [6.45, 7) is 4.94. The minimum absolute atomic E-state index is 0.0642. The van der Waals surface area contributed by atoms with Gasteiger partial charge in [-0.15, -0.1) is 0 Å². The van der Waals surface area contributed by atoms with E-state index < -0.39 is 0 Å². The molecule has 1 N–H and O–H groups in total. The van der Waals surface area contributed by atoms with E-state index in [1.165, 1.54) is 17.8 Å². The molecule has 1 saturated heterocycles. The molecule has 2 heterocycles. The molecule has 27 heavy (non-hydrogen) atoms. The van der Waals surface area contributed by atoms with Crippen molar-refractivity contribution in [1.82, 2.24) is 14.9 Å². The van der Waals surface area contributed by atoms with Crippen LogP contribution < -0.4 is 10.5 Å². The van der Waals surface area contributed by atoms with E-state index in [1.54, 1.807) is 0 Å². The van der Waals surface area contributed by atoms with E-state index in [0.717, 1.165) is 37.3 Å². The topological polar surface area (TPSA) is 69.3 Å². The van der Waals surface area contributed by atoms with Crippen molar-refractivity contribution in [2.24, 2.45) is 0 Å². The smallest absolute Gasteiger partial charge is 0.251 e. The monoisotopic (exact) mass is 406 g/mol. The summed E-state index contributed by atoms with van der Waals surface area (Å²) in [6.07, 6.45) is 1.69. The highest BCUT2D eigenvalue weighted by atomic mass is 35.5. The lowest BCUT2D eigenvalue weighted by Crippen LogP contribution is -2.49. The fourth-order valence-electron chi connectivity index (χ4n) is 3.04. The average molecular weight is 407 g/mol. The molecule has 3 rings (SSSR count). The highest BCUT2D eigenvalue weighted by Crippen LogP contribution is 2.21. The fourth-order valence-corrected chi connectivity index (χ4v) is 4.03. The molecular formula is C19H23ClN4O2S. The molecule has 6 nitrogen and oxygen atoms in total. The summed E-state index contributed by atoms with van der Waals surface area (Å²) >= 11 is 7.35. The second-order valence-electron chi connectivity index (χ2n) is 6.43. The van der Waals surface area contributed by atoms with E-state index >= 15 is 0 Å². The number of piperazine rings is 1. The van der Waals surface area contributed by atoms with E-state index in [4.69, 9.17) is 11.6 Å². The molecule has 0 spiro atoms. The van der Waals surface area contributed by atoms with Gasteiger partial charge in [0.2, 0.25) is 5.91 Å². The van der Waals surface area contributed by atoms with Crippen molar-refractivity contribution in [3.8, 4) is 0 Å². The van der Waals surface area contributed by atoms with Crippen LogP contribution in [-0.2, 0) is 11.2 Å². The maximum Gasteiger partial charge on any atom is 0.251 e. The van der Waals surface area contributed by atoms with Crippen molar-refractivity contribution in [2.45, 2.75) is 24.9 Å². The number of halogens is 1. The van der Waals surface area contributed by atoms with Gasteiger partial charge in [-0.3, -0.25) is 9.59 Å². The minimum atomic E-state index is -0.168. The van der Waals surface area contributed by atoms with Crippen LogP contribution in [0.2, 0.25) is 5.02 Å². The first-order valence-corrected chi connectivity index (χ1v) is 10.4. The number of rotatable bonds is 6. The first-order valence-electron chi connectivity index (χ1n) is 9.06. The Bertz CT molecular complexity index is 850. The van der Waals surface area contributed by atoms with Crippen LogP contribution in [0.3, 0.4) is 0 Å². The van der Waals surface area contributed by atoms with Gasteiger partial charge in [-0.2, -0.15) is 0 Å². The number of H-pyrrole nitrogens is 1. The average Bonchev–Trinajstić information content (AvgIpc) is 2.66. The predicted octanol–water partition coefficient (Wildman–Crippen LogP) is 2.82. The third-order valence-corrected chi connectivity index (χ3v) is 5.51. The standard InChI is InChI=1S/C19H23ClN4O2S/c1-2-4-15-12-17(25)22-19(21-15)27-13-18(26)24-9-7-23(8-10-24)16-6-3-5-14(20)11-16/h3,5-6,11-12H,2,4,7-10,13H2,1H3,(H,21,22,25). The molecule has 0 atom stereocenters. The Morgan fingerprint density at radius 2 is 2.04 bits per heavy atom. The molecule has 1 amide bonds. The quantitative estimate of drug-likeness (QED) is 0.590. The molecule has 0 saturated carbocycles. The van der Waals surface area contributed by atoms with Crippen LogP contribution in [0.4, 0.5) is 5.69 Å². The number of nitrogens with one attached hydrogen (secondary N) is 1. The highest BCUT2D eigenvalue weighted by Gasteiger charge is 2.21. The van der Waals surface area contributed by atoms with Gasteiger partial charge in [0, 0.05) is 48.6 Å². The van der Waals surface area contributed by atoms with Crippen molar-refractivity contribution in [2.75, 3.05) is 36.8 Å². The second kappa shape index (κ2) is 9.28. The van der Waals surface area contributed by atoms with Crippen LogP contribution >= 0.6 is 23.4 Å². The summed E-state index contributed by atoms with van der Waals surface area (Å²) in [5.41, 5.74) is 1.68. The van der Waals surface area contributed by atoms with Gasteiger partial charge in [0.25, 0.3) is 5.56 Å². The number of carbonyl (C=O) groups is 1. The number of nitrogens with zero attached hydrogens (tertiary/aromatic N) is 3. The summed E-state index contributed by atoms with van der Waals surface area (Å²) in [6, 6.07) is 9.29. The Morgan fingerprint density at radius 3 is 2.74 bits per heavy atom. The van der Waals surface area contributed by atoms with Crippen molar-refractivity contribution in [3.05, 3.63) is 51.4 Å². The van der Waals surface area contributed by atoms with Gasteiger partial charge in [-0.25, -0.2) is 4.98 Å². The van der Waals surface area contributed by atoms with Gasteiger partial charge < -0.3 is 14.8 Å². The minimum Gasteiger partial charge on any atom is -0.368 e. The number of carbonyl (C=O) groups excluding carboxylic acids is 1. The zero-order chi connectivity index (χ0) is 19.2. The zero-order valence-electron chi connectivity index (χ0n) is 15.3. The molecule has 0 radical (unpaired) electrons. The Hall–Kier alpha value is -1.99. The van der Waals surface area contributed by atoms with Crippen LogP contribution in [0.25, 0.3) is 0 Å². The number of thioether (sulfide) groups is 1. The molecule has 1 aliphatic rings. The van der Waals surface area contributed by atoms with E-state index in [2.05, 4.69) is 14.9 Å². The number of aryl methyl sites for hydroxylation is 1. The van der Waals surface area contributed by atoms with Crippen molar-refractivity contribution < 1.29 is 4.79 Å². The second-order valence-corrected chi connectivity index (χ2v) is 7.83. The molecule has 1 aromatic heterocycles. The predicted molar refractivity (Wildman–Crippen MR) is 110 cm³/mol. The lowest BCUT2D eigenvalue weighted by atomic mass is 10.2. The molecule has 0 bridgehead atoms. The SMILES string of the molecule is CCCc1cc(=O)[nH]c(SCC(=O)N2CCN(c3cccc(Cl)c3)CC2)n1. The van der Waals surface area contributed by atoms with Crippen molar-refractivity contribution in [1.29, 1.82) is 0 Å². The first-order chi connectivity index (χ1) is 13.0. The van der Waals surface area contributed by atoms with Crippen molar-refractivity contribution in [3.63, 3.8) is 0 Å². The largest absolute Gasteiger partial charge is 0.368 e. The summed E-state index contributed by atoms with van der Waals surface area (Å²) in [4.78, 5) is 35.4. The summed E-state index contributed by atoms with van der Waals surface area (Å²) < 4.78 is 0. The molecule has 1 aliphatic heterocycles. The molecule has 144 valence electrons. The third kappa shape index (κ3) is 5.49. The van der Waals surface area contributed by atoms with Gasteiger partial charge in [-0.05, 0) is 24.6 Å². The van der Waals surface area contributed by atoms with Crippen LogP contribution in [0.15, 0.2) is 40.3 Å². The van der Waals surface area contributed by atoms with E-state index in [-0.39, 0.29) is 17.2 Å². The van der Waals surface area contributed by atoms with Crippen LogP contribution in [0, 0.1) is 0 Å². The van der Waals surface area contributed by atoms with Crippen LogP contribution in [0.1, 0.15) is 19.0 Å². The Kier molecular flexibility index (Phi) is 6.79. The van der Waals surface area contributed by atoms with Gasteiger partial charge >= 0.3 is 0 Å². The Labute approximate surface area is 167 Å². The third-order valence-electron chi connectivity index (χ3n) is 4.42. The molecule has 1 fully saturated rings. The van der Waals surface area contributed by atoms with Crippen LogP contribution in [0.5, 0.6) is 0 Å². The maximum atomic E-state index is 12.5. The number of aromatic nitrogens is 2. The van der Waals surface area contributed by atoms with Gasteiger partial charge in [0.15, 0.2) is 5.16 Å². The van der Waals surface area contributed by atoms with Gasteiger partial charge in [0.05, 0.1) is 5.75 Å². The zero-order valence-corrected chi connectivity index (χ0v) is 16.9. The normalized spacial score (nSPS) is 14.4. The summed E-state index contributed by atoms with van der Waals surface area (Å²) in [5, 5.41) is 1.23. The molecule has 8 heteroatoms. The van der Waals surface area contributed by atoms with Gasteiger partial charge in [-0.1, -0.05) is 42.8 Å².